The van der Waals surface area contributed by atoms with Crippen molar-refractivity contribution in [2.45, 2.75) is 17.7 Å². The highest BCUT2D eigenvalue weighted by atomic mass is 79.9. The molecule has 1 aromatic rings. The van der Waals surface area contributed by atoms with Crippen molar-refractivity contribution in [2.75, 3.05) is 13.6 Å². The fourth-order valence-corrected chi connectivity index (χ4v) is 3.41. The van der Waals surface area contributed by atoms with E-state index in [1.54, 1.807) is 25.2 Å². The highest BCUT2D eigenvalue weighted by Crippen LogP contribution is 2.31. The standard InChI is InChI=1S/C11H14BrNO2S/c1-13(8-9-5-6-9)16(14,15)11-4-2-3-10(12)7-11/h2-4,7,9H,5-6,8H2,1H3. The Morgan fingerprint density at radius 1 is 1.44 bits per heavy atom. The lowest BCUT2D eigenvalue weighted by Gasteiger charge is -2.16. The number of benzene rings is 1. The second kappa shape index (κ2) is 4.47. The Morgan fingerprint density at radius 3 is 2.69 bits per heavy atom. The van der Waals surface area contributed by atoms with Gasteiger partial charge in [0.2, 0.25) is 10.0 Å². The zero-order valence-corrected chi connectivity index (χ0v) is 11.5. The van der Waals surface area contributed by atoms with Crippen molar-refractivity contribution in [1.82, 2.24) is 4.31 Å². The molecule has 0 radical (unpaired) electrons. The summed E-state index contributed by atoms with van der Waals surface area (Å²) in [6, 6.07) is 6.82. The molecular weight excluding hydrogens is 290 g/mol. The van der Waals surface area contributed by atoms with Crippen LogP contribution in [0.2, 0.25) is 0 Å². The van der Waals surface area contributed by atoms with Gasteiger partial charge in [-0.1, -0.05) is 22.0 Å². The van der Waals surface area contributed by atoms with Crippen LogP contribution in [0.25, 0.3) is 0 Å². The Bertz CT molecular complexity index is 483. The van der Waals surface area contributed by atoms with E-state index in [2.05, 4.69) is 15.9 Å². The van der Waals surface area contributed by atoms with Crippen LogP contribution in [-0.2, 0) is 10.0 Å². The van der Waals surface area contributed by atoms with E-state index in [0.717, 1.165) is 17.3 Å². The predicted octanol–water partition coefficient (Wildman–Crippen LogP) is 2.48. The number of hydrogen-bond acceptors (Lipinski definition) is 2. The highest BCUT2D eigenvalue weighted by molar-refractivity contribution is 9.10. The maximum Gasteiger partial charge on any atom is 0.242 e. The molecule has 1 saturated carbocycles. The van der Waals surface area contributed by atoms with Gasteiger partial charge in [0.05, 0.1) is 4.90 Å². The summed E-state index contributed by atoms with van der Waals surface area (Å²) in [5.41, 5.74) is 0. The van der Waals surface area contributed by atoms with E-state index in [0.29, 0.717) is 17.4 Å². The minimum absolute atomic E-state index is 0.352. The SMILES string of the molecule is CN(CC1CC1)S(=O)(=O)c1cccc(Br)c1. The van der Waals surface area contributed by atoms with Gasteiger partial charge in [-0.15, -0.1) is 0 Å². The van der Waals surface area contributed by atoms with Gasteiger partial charge in [0, 0.05) is 18.1 Å². The second-order valence-electron chi connectivity index (χ2n) is 4.19. The van der Waals surface area contributed by atoms with Crippen LogP contribution in [0.5, 0.6) is 0 Å². The molecule has 0 heterocycles. The normalized spacial score (nSPS) is 16.7. The molecule has 1 fully saturated rings. The average molecular weight is 304 g/mol. The molecule has 0 atom stereocenters. The van der Waals surface area contributed by atoms with Crippen molar-refractivity contribution in [2.24, 2.45) is 5.92 Å². The molecule has 3 nitrogen and oxygen atoms in total. The molecule has 0 aromatic heterocycles. The highest BCUT2D eigenvalue weighted by Gasteiger charge is 2.29. The average Bonchev–Trinajstić information content (AvgIpc) is 3.01. The van der Waals surface area contributed by atoms with E-state index in [1.807, 2.05) is 6.07 Å². The van der Waals surface area contributed by atoms with Crippen LogP contribution in [0.15, 0.2) is 33.6 Å². The minimum atomic E-state index is -3.31. The van der Waals surface area contributed by atoms with Crippen molar-refractivity contribution in [3.63, 3.8) is 0 Å². The third-order valence-electron chi connectivity index (χ3n) is 2.72. The van der Waals surface area contributed by atoms with Gasteiger partial charge in [-0.25, -0.2) is 12.7 Å². The molecule has 1 aromatic carbocycles. The summed E-state index contributed by atoms with van der Waals surface area (Å²) >= 11 is 3.28. The van der Waals surface area contributed by atoms with Gasteiger partial charge in [0.25, 0.3) is 0 Å². The van der Waals surface area contributed by atoms with E-state index in [1.165, 1.54) is 4.31 Å². The fourth-order valence-electron chi connectivity index (χ4n) is 1.57. The Balaban J connectivity index is 2.23. The topological polar surface area (TPSA) is 37.4 Å². The van der Waals surface area contributed by atoms with Crippen LogP contribution in [-0.4, -0.2) is 26.3 Å². The van der Waals surface area contributed by atoms with Crippen LogP contribution in [0.1, 0.15) is 12.8 Å². The first-order valence-electron chi connectivity index (χ1n) is 5.22. The van der Waals surface area contributed by atoms with Gasteiger partial charge in [0.1, 0.15) is 0 Å². The van der Waals surface area contributed by atoms with Gasteiger partial charge < -0.3 is 0 Å². The Morgan fingerprint density at radius 2 is 2.12 bits per heavy atom. The van der Waals surface area contributed by atoms with Crippen LogP contribution in [0, 0.1) is 5.92 Å². The van der Waals surface area contributed by atoms with Crippen molar-refractivity contribution in [3.05, 3.63) is 28.7 Å². The van der Waals surface area contributed by atoms with Crippen molar-refractivity contribution in [1.29, 1.82) is 0 Å². The number of sulfonamides is 1. The summed E-state index contributed by atoms with van der Waals surface area (Å²) in [6.07, 6.45) is 2.30. The molecule has 16 heavy (non-hydrogen) atoms. The first-order chi connectivity index (χ1) is 7.50. The minimum Gasteiger partial charge on any atom is -0.207 e. The molecule has 88 valence electrons. The third kappa shape index (κ3) is 2.64. The van der Waals surface area contributed by atoms with Gasteiger partial charge in [-0.2, -0.15) is 0 Å². The lowest BCUT2D eigenvalue weighted by Crippen LogP contribution is -2.28. The first kappa shape index (κ1) is 12.1. The van der Waals surface area contributed by atoms with Gasteiger partial charge in [0.15, 0.2) is 0 Å². The smallest absolute Gasteiger partial charge is 0.207 e. The molecule has 1 aliphatic carbocycles. The molecule has 0 saturated heterocycles. The molecule has 0 N–H and O–H groups in total. The summed E-state index contributed by atoms with van der Waals surface area (Å²) in [5.74, 6) is 0.562. The van der Waals surface area contributed by atoms with Crippen molar-refractivity contribution in [3.8, 4) is 0 Å². The van der Waals surface area contributed by atoms with Crippen LogP contribution < -0.4 is 0 Å². The molecule has 0 bridgehead atoms. The summed E-state index contributed by atoms with van der Waals surface area (Å²) in [5, 5.41) is 0. The molecule has 5 heteroatoms. The molecule has 2 rings (SSSR count). The van der Waals surface area contributed by atoms with Crippen LogP contribution in [0.3, 0.4) is 0 Å². The Labute approximate surface area is 105 Å². The molecule has 0 aliphatic heterocycles. The van der Waals surface area contributed by atoms with Crippen LogP contribution >= 0.6 is 15.9 Å². The predicted molar refractivity (Wildman–Crippen MR) is 66.7 cm³/mol. The van der Waals surface area contributed by atoms with E-state index in [-0.39, 0.29) is 0 Å². The van der Waals surface area contributed by atoms with E-state index >= 15 is 0 Å². The number of rotatable bonds is 4. The summed E-state index contributed by atoms with van der Waals surface area (Å²) < 4.78 is 26.5. The lowest BCUT2D eigenvalue weighted by atomic mass is 10.4. The summed E-state index contributed by atoms with van der Waals surface area (Å²) in [4.78, 5) is 0.352. The zero-order valence-electron chi connectivity index (χ0n) is 9.06. The maximum atomic E-state index is 12.2. The lowest BCUT2D eigenvalue weighted by molar-refractivity contribution is 0.453. The summed E-state index contributed by atoms with van der Waals surface area (Å²) in [7, 11) is -1.67. The van der Waals surface area contributed by atoms with Gasteiger partial charge >= 0.3 is 0 Å². The fraction of sp³-hybridized carbons (Fsp3) is 0.455. The third-order valence-corrected chi connectivity index (χ3v) is 5.03. The largest absolute Gasteiger partial charge is 0.242 e. The van der Waals surface area contributed by atoms with E-state index in [9.17, 15) is 8.42 Å². The monoisotopic (exact) mass is 303 g/mol. The maximum absolute atomic E-state index is 12.2. The molecule has 0 unspecified atom stereocenters. The van der Waals surface area contributed by atoms with E-state index < -0.39 is 10.0 Å². The second-order valence-corrected chi connectivity index (χ2v) is 7.15. The van der Waals surface area contributed by atoms with Crippen LogP contribution in [0.4, 0.5) is 0 Å². The molecule has 1 aliphatic rings. The Kier molecular flexibility index (Phi) is 3.37. The number of halogens is 1. The van der Waals surface area contributed by atoms with Gasteiger partial charge in [-0.05, 0) is 37.0 Å². The molecule has 0 spiro atoms. The number of nitrogens with zero attached hydrogens (tertiary/aromatic N) is 1. The van der Waals surface area contributed by atoms with Gasteiger partial charge in [-0.3, -0.25) is 0 Å². The quantitative estimate of drug-likeness (QED) is 0.857. The molecule has 0 amide bonds. The first-order valence-corrected chi connectivity index (χ1v) is 7.45. The Hall–Kier alpha value is -0.390. The van der Waals surface area contributed by atoms with Crippen molar-refractivity contribution >= 4 is 26.0 Å². The van der Waals surface area contributed by atoms with Crippen molar-refractivity contribution < 1.29 is 8.42 Å². The zero-order chi connectivity index (χ0) is 11.8. The number of hydrogen-bond donors (Lipinski definition) is 0. The van der Waals surface area contributed by atoms with E-state index in [4.69, 9.17) is 0 Å². The summed E-state index contributed by atoms with van der Waals surface area (Å²) in [6.45, 7) is 0.634. The molecular formula is C11H14BrNO2S.